The van der Waals surface area contributed by atoms with Gasteiger partial charge in [0.25, 0.3) is 0 Å². The van der Waals surface area contributed by atoms with E-state index < -0.39 is 23.9 Å². The Morgan fingerprint density at radius 3 is 2.61 bits per heavy atom. The van der Waals surface area contributed by atoms with Gasteiger partial charge in [0.15, 0.2) is 0 Å². The maximum absolute atomic E-state index is 11.5. The van der Waals surface area contributed by atoms with Crippen LogP contribution < -0.4 is 10.1 Å². The Hall–Kier alpha value is -1.79. The summed E-state index contributed by atoms with van der Waals surface area (Å²) < 4.78 is 10.5. The molecule has 0 aliphatic carbocycles. The molecular formula is C17H27NO5. The van der Waals surface area contributed by atoms with Gasteiger partial charge in [-0.1, -0.05) is 12.1 Å². The third-order valence-corrected chi connectivity index (χ3v) is 2.98. The van der Waals surface area contributed by atoms with Gasteiger partial charge in [0.1, 0.15) is 17.5 Å². The van der Waals surface area contributed by atoms with Gasteiger partial charge in [-0.2, -0.15) is 0 Å². The van der Waals surface area contributed by atoms with Crippen molar-refractivity contribution in [3.05, 3.63) is 29.8 Å². The van der Waals surface area contributed by atoms with E-state index in [1.165, 1.54) is 0 Å². The Labute approximate surface area is 137 Å². The Balaban J connectivity index is 2.46. The van der Waals surface area contributed by atoms with Crippen LogP contribution in [-0.2, 0) is 4.74 Å². The SMILES string of the molecule is CCOc1cccc(C(O)C(O)CCNC(=O)OC(C)(C)C)c1. The molecular weight excluding hydrogens is 298 g/mol. The summed E-state index contributed by atoms with van der Waals surface area (Å²) >= 11 is 0. The number of rotatable bonds is 7. The number of benzene rings is 1. The number of hydrogen-bond donors (Lipinski definition) is 3. The highest BCUT2D eigenvalue weighted by Gasteiger charge is 2.20. The lowest BCUT2D eigenvalue weighted by atomic mass is 10.0. The molecule has 0 radical (unpaired) electrons. The summed E-state index contributed by atoms with van der Waals surface area (Å²) in [4.78, 5) is 11.5. The fourth-order valence-corrected chi connectivity index (χ4v) is 1.97. The largest absolute Gasteiger partial charge is 0.494 e. The van der Waals surface area contributed by atoms with Gasteiger partial charge in [0.05, 0.1) is 12.7 Å². The Kier molecular flexibility index (Phi) is 7.32. The highest BCUT2D eigenvalue weighted by molar-refractivity contribution is 5.67. The van der Waals surface area contributed by atoms with Gasteiger partial charge in [-0.3, -0.25) is 0 Å². The molecule has 3 N–H and O–H groups in total. The van der Waals surface area contributed by atoms with Gasteiger partial charge >= 0.3 is 6.09 Å². The van der Waals surface area contributed by atoms with E-state index in [9.17, 15) is 15.0 Å². The van der Waals surface area contributed by atoms with Crippen molar-refractivity contribution in [1.82, 2.24) is 5.32 Å². The summed E-state index contributed by atoms with van der Waals surface area (Å²) in [5, 5.41) is 22.8. The molecule has 130 valence electrons. The first-order chi connectivity index (χ1) is 10.7. The van der Waals surface area contributed by atoms with Crippen molar-refractivity contribution in [2.75, 3.05) is 13.2 Å². The Morgan fingerprint density at radius 1 is 1.30 bits per heavy atom. The second-order valence-corrected chi connectivity index (χ2v) is 6.24. The molecule has 0 saturated heterocycles. The third kappa shape index (κ3) is 7.34. The van der Waals surface area contributed by atoms with Crippen LogP contribution in [0.15, 0.2) is 24.3 Å². The average Bonchev–Trinajstić information content (AvgIpc) is 2.45. The van der Waals surface area contributed by atoms with Crippen molar-refractivity contribution >= 4 is 6.09 Å². The molecule has 23 heavy (non-hydrogen) atoms. The highest BCUT2D eigenvalue weighted by Crippen LogP contribution is 2.23. The molecule has 1 amide bonds. The summed E-state index contributed by atoms with van der Waals surface area (Å²) in [6.45, 7) is 7.93. The first kappa shape index (κ1) is 19.3. The van der Waals surface area contributed by atoms with Crippen LogP contribution in [0.3, 0.4) is 0 Å². The molecule has 0 saturated carbocycles. The predicted octanol–water partition coefficient (Wildman–Crippen LogP) is 2.39. The standard InChI is InChI=1S/C17H27NO5/c1-5-22-13-8-6-7-12(11-13)15(20)14(19)9-10-18-16(21)23-17(2,3)4/h6-8,11,14-15,19-20H,5,9-10H2,1-4H3,(H,18,21). The summed E-state index contributed by atoms with van der Waals surface area (Å²) in [5.74, 6) is 0.642. The topological polar surface area (TPSA) is 88.0 Å². The van der Waals surface area contributed by atoms with Gasteiger partial charge < -0.3 is 25.0 Å². The molecule has 0 aliphatic heterocycles. The smallest absolute Gasteiger partial charge is 0.407 e. The summed E-state index contributed by atoms with van der Waals surface area (Å²) in [6.07, 6.45) is -2.38. The molecule has 0 heterocycles. The molecule has 2 atom stereocenters. The lowest BCUT2D eigenvalue weighted by molar-refractivity contribution is 0.0122. The molecule has 1 aromatic rings. The quantitative estimate of drug-likeness (QED) is 0.716. The van der Waals surface area contributed by atoms with E-state index in [4.69, 9.17) is 9.47 Å². The van der Waals surface area contributed by atoms with Crippen molar-refractivity contribution in [1.29, 1.82) is 0 Å². The van der Waals surface area contributed by atoms with Gasteiger partial charge in [0, 0.05) is 6.54 Å². The van der Waals surface area contributed by atoms with Gasteiger partial charge in [-0.15, -0.1) is 0 Å². The van der Waals surface area contributed by atoms with Crippen LogP contribution in [0.25, 0.3) is 0 Å². The second-order valence-electron chi connectivity index (χ2n) is 6.24. The first-order valence-corrected chi connectivity index (χ1v) is 7.78. The average molecular weight is 325 g/mol. The van der Waals surface area contributed by atoms with Gasteiger partial charge in [-0.25, -0.2) is 4.79 Å². The maximum Gasteiger partial charge on any atom is 0.407 e. The number of carbonyl (C=O) groups excluding carboxylic acids is 1. The number of ether oxygens (including phenoxy) is 2. The molecule has 0 aliphatic rings. The predicted molar refractivity (Wildman–Crippen MR) is 87.4 cm³/mol. The van der Waals surface area contributed by atoms with E-state index in [1.54, 1.807) is 45.0 Å². The third-order valence-electron chi connectivity index (χ3n) is 2.98. The van der Waals surface area contributed by atoms with E-state index in [0.29, 0.717) is 17.9 Å². The minimum absolute atomic E-state index is 0.207. The van der Waals surface area contributed by atoms with Crippen molar-refractivity contribution < 1.29 is 24.5 Å². The molecule has 0 bridgehead atoms. The van der Waals surface area contributed by atoms with Crippen LogP contribution in [0.1, 0.15) is 45.8 Å². The number of amides is 1. The molecule has 2 unspecified atom stereocenters. The lowest BCUT2D eigenvalue weighted by Crippen LogP contribution is -2.34. The van der Waals surface area contributed by atoms with Crippen LogP contribution in [0, 0.1) is 0 Å². The summed E-state index contributed by atoms with van der Waals surface area (Å²) in [7, 11) is 0. The minimum Gasteiger partial charge on any atom is -0.494 e. The normalized spacial score (nSPS) is 14.0. The van der Waals surface area contributed by atoms with Crippen LogP contribution in [-0.4, -0.2) is 41.2 Å². The molecule has 0 fully saturated rings. The number of hydrogen-bond acceptors (Lipinski definition) is 5. The fourth-order valence-electron chi connectivity index (χ4n) is 1.97. The van der Waals surface area contributed by atoms with Gasteiger partial charge in [-0.05, 0) is 51.8 Å². The fraction of sp³-hybridized carbons (Fsp3) is 0.588. The van der Waals surface area contributed by atoms with Crippen molar-refractivity contribution in [2.24, 2.45) is 0 Å². The van der Waals surface area contributed by atoms with Crippen molar-refractivity contribution in [3.63, 3.8) is 0 Å². The van der Waals surface area contributed by atoms with Crippen LogP contribution in [0.4, 0.5) is 4.79 Å². The van der Waals surface area contributed by atoms with Crippen LogP contribution in [0.2, 0.25) is 0 Å². The molecule has 1 rings (SSSR count). The van der Waals surface area contributed by atoms with E-state index in [0.717, 1.165) is 0 Å². The zero-order valence-corrected chi connectivity index (χ0v) is 14.2. The Bertz CT molecular complexity index is 498. The van der Waals surface area contributed by atoms with E-state index in [2.05, 4.69) is 5.32 Å². The molecule has 6 heteroatoms. The zero-order valence-electron chi connectivity index (χ0n) is 14.2. The second kappa shape index (κ2) is 8.74. The molecule has 6 nitrogen and oxygen atoms in total. The number of alkyl carbamates (subject to hydrolysis) is 1. The monoisotopic (exact) mass is 325 g/mol. The summed E-state index contributed by atoms with van der Waals surface area (Å²) in [6, 6.07) is 6.96. The molecule has 0 spiro atoms. The maximum atomic E-state index is 11.5. The highest BCUT2D eigenvalue weighted by atomic mass is 16.6. The van der Waals surface area contributed by atoms with E-state index in [-0.39, 0.29) is 13.0 Å². The zero-order chi connectivity index (χ0) is 17.5. The number of nitrogens with one attached hydrogen (secondary N) is 1. The Morgan fingerprint density at radius 2 is 2.00 bits per heavy atom. The van der Waals surface area contributed by atoms with E-state index >= 15 is 0 Å². The van der Waals surface area contributed by atoms with Crippen LogP contribution in [0.5, 0.6) is 5.75 Å². The molecule has 1 aromatic carbocycles. The lowest BCUT2D eigenvalue weighted by Gasteiger charge is -2.21. The van der Waals surface area contributed by atoms with Gasteiger partial charge in [0.2, 0.25) is 0 Å². The van der Waals surface area contributed by atoms with E-state index in [1.807, 2.05) is 6.92 Å². The minimum atomic E-state index is -1.05. The number of aliphatic hydroxyl groups excluding tert-OH is 2. The first-order valence-electron chi connectivity index (χ1n) is 7.78. The molecule has 0 aromatic heterocycles. The number of carbonyl (C=O) groups is 1. The summed E-state index contributed by atoms with van der Waals surface area (Å²) in [5.41, 5.74) is 0.00258. The number of aliphatic hydroxyl groups is 2. The van der Waals surface area contributed by atoms with Crippen molar-refractivity contribution in [3.8, 4) is 5.75 Å². The van der Waals surface area contributed by atoms with Crippen LogP contribution >= 0.6 is 0 Å². The van der Waals surface area contributed by atoms with Crippen molar-refractivity contribution in [2.45, 2.75) is 51.9 Å².